The second kappa shape index (κ2) is 6.74. The van der Waals surface area contributed by atoms with E-state index in [1.165, 1.54) is 0 Å². The van der Waals surface area contributed by atoms with Crippen LogP contribution in [0.5, 0.6) is 0 Å². The van der Waals surface area contributed by atoms with E-state index in [4.69, 9.17) is 11.6 Å². The maximum Gasteiger partial charge on any atom is 0.200 e. The van der Waals surface area contributed by atoms with Crippen LogP contribution < -0.4 is 5.32 Å². The molecular weight excluding hydrogens is 284 g/mol. The first-order valence-electron chi connectivity index (χ1n) is 6.31. The zero-order valence-corrected chi connectivity index (χ0v) is 12.8. The lowest BCUT2D eigenvalue weighted by molar-refractivity contribution is 0.0941. The molecule has 0 amide bonds. The molecule has 0 saturated carbocycles. The first-order valence-corrected chi connectivity index (χ1v) is 7.84. The average Bonchev–Trinajstić information content (AvgIpc) is 2.78. The summed E-state index contributed by atoms with van der Waals surface area (Å²) in [5.41, 5.74) is 0.531. The highest BCUT2D eigenvalue weighted by atomic mass is 35.5. The summed E-state index contributed by atoms with van der Waals surface area (Å²) in [5, 5.41) is 7.90. The molecule has 1 aromatic heterocycles. The Hall–Kier alpha value is -0.560. The Morgan fingerprint density at radius 1 is 1.68 bits per heavy atom. The molecule has 1 fully saturated rings. The van der Waals surface area contributed by atoms with Gasteiger partial charge in [0, 0.05) is 24.6 Å². The van der Waals surface area contributed by atoms with Crippen LogP contribution in [0.1, 0.15) is 10.5 Å². The summed E-state index contributed by atoms with van der Waals surface area (Å²) in [6.45, 7) is 2.36. The van der Waals surface area contributed by atoms with Gasteiger partial charge in [0.2, 0.25) is 0 Å². The number of nitrogens with one attached hydrogen (secondary N) is 1. The molecule has 5 nitrogen and oxygen atoms in total. The molecule has 1 aliphatic rings. The number of aromatic nitrogens is 2. The maximum atomic E-state index is 12.5. The zero-order valence-electron chi connectivity index (χ0n) is 11.2. The van der Waals surface area contributed by atoms with Gasteiger partial charge >= 0.3 is 0 Å². The zero-order chi connectivity index (χ0) is 13.8. The van der Waals surface area contributed by atoms with Crippen LogP contribution in [-0.4, -0.2) is 65.2 Å². The monoisotopic (exact) mass is 302 g/mol. The Morgan fingerprint density at radius 2 is 2.47 bits per heavy atom. The molecule has 0 bridgehead atoms. The van der Waals surface area contributed by atoms with Crippen LogP contribution >= 0.6 is 23.4 Å². The first kappa shape index (κ1) is 14.8. The fourth-order valence-electron chi connectivity index (χ4n) is 1.97. The van der Waals surface area contributed by atoms with Crippen molar-refractivity contribution in [1.82, 2.24) is 20.0 Å². The predicted molar refractivity (Wildman–Crippen MR) is 79.2 cm³/mol. The molecule has 2 heterocycles. The molecule has 0 radical (unpaired) electrons. The lowest BCUT2D eigenvalue weighted by Crippen LogP contribution is -2.44. The Kier molecular flexibility index (Phi) is 5.27. The molecule has 1 saturated heterocycles. The summed E-state index contributed by atoms with van der Waals surface area (Å²) in [7, 11) is 3.98. The van der Waals surface area contributed by atoms with Crippen LogP contribution in [0.3, 0.4) is 0 Å². The van der Waals surface area contributed by atoms with Crippen molar-refractivity contribution < 1.29 is 4.79 Å². The Labute approximate surface area is 122 Å². The second-order valence-electron chi connectivity index (χ2n) is 4.81. The van der Waals surface area contributed by atoms with Gasteiger partial charge in [-0.05, 0) is 14.1 Å². The van der Waals surface area contributed by atoms with Crippen LogP contribution in [0.25, 0.3) is 0 Å². The van der Waals surface area contributed by atoms with E-state index in [2.05, 4.69) is 15.3 Å². The van der Waals surface area contributed by atoms with Crippen LogP contribution in [-0.2, 0) is 6.54 Å². The third kappa shape index (κ3) is 3.72. The van der Waals surface area contributed by atoms with Crippen molar-refractivity contribution in [2.24, 2.45) is 0 Å². The minimum Gasteiger partial charge on any atom is -0.308 e. The Morgan fingerprint density at radius 3 is 3.11 bits per heavy atom. The summed E-state index contributed by atoms with van der Waals surface area (Å²) < 4.78 is 1.71. The van der Waals surface area contributed by atoms with Crippen molar-refractivity contribution in [3.05, 3.63) is 16.9 Å². The van der Waals surface area contributed by atoms with E-state index in [0.717, 1.165) is 24.6 Å². The van der Waals surface area contributed by atoms with Crippen molar-refractivity contribution in [1.29, 1.82) is 0 Å². The van der Waals surface area contributed by atoms with Crippen LogP contribution in [0, 0.1) is 0 Å². The molecule has 1 N–H and O–H groups in total. The molecule has 1 aromatic rings. The number of carbonyl (C=O) groups excluding carboxylic acids is 1. The van der Waals surface area contributed by atoms with Crippen LogP contribution in [0.4, 0.5) is 0 Å². The van der Waals surface area contributed by atoms with Gasteiger partial charge in [-0.15, -0.1) is 0 Å². The van der Waals surface area contributed by atoms with Crippen molar-refractivity contribution in [3.63, 3.8) is 0 Å². The lowest BCUT2D eigenvalue weighted by Gasteiger charge is -2.22. The van der Waals surface area contributed by atoms with E-state index < -0.39 is 0 Å². The maximum absolute atomic E-state index is 12.5. The normalized spacial score (nSPS) is 19.9. The highest BCUT2D eigenvalue weighted by molar-refractivity contribution is 7.99. The molecule has 106 valence electrons. The Bertz CT molecular complexity index is 443. The van der Waals surface area contributed by atoms with Crippen molar-refractivity contribution >= 4 is 29.1 Å². The predicted octanol–water partition coefficient (Wildman–Crippen LogP) is 0.986. The fourth-order valence-corrected chi connectivity index (χ4v) is 3.14. The highest BCUT2D eigenvalue weighted by Crippen LogP contribution is 2.19. The quantitative estimate of drug-likeness (QED) is 0.822. The molecule has 0 aliphatic carbocycles. The molecular formula is C12H19ClN4OS. The van der Waals surface area contributed by atoms with Gasteiger partial charge in [0.1, 0.15) is 5.69 Å². The van der Waals surface area contributed by atoms with Gasteiger partial charge in [0.25, 0.3) is 0 Å². The van der Waals surface area contributed by atoms with Crippen molar-refractivity contribution in [3.8, 4) is 0 Å². The number of carbonyl (C=O) groups is 1. The summed E-state index contributed by atoms with van der Waals surface area (Å²) in [6, 6.07) is -0.147. The van der Waals surface area contributed by atoms with Crippen molar-refractivity contribution in [2.45, 2.75) is 12.6 Å². The average molecular weight is 303 g/mol. The molecule has 7 heteroatoms. The summed E-state index contributed by atoms with van der Waals surface area (Å²) >= 11 is 7.92. The highest BCUT2D eigenvalue weighted by Gasteiger charge is 2.27. The summed E-state index contributed by atoms with van der Waals surface area (Å²) in [6.07, 6.45) is 1.56. The largest absolute Gasteiger partial charge is 0.308 e. The van der Waals surface area contributed by atoms with Gasteiger partial charge in [-0.3, -0.25) is 9.48 Å². The number of Topliss-reactive ketones (excluding diaryl/α,β-unsaturated/α-hetero) is 1. The number of rotatable bonds is 5. The molecule has 1 atom stereocenters. The standard InChI is InChI=1S/C12H19ClN4OS/c1-16(2)4-5-17-11(9(13)7-15-17)12(18)10-8-19-6-3-14-10/h7,10,14H,3-6,8H2,1-2H3. The SMILES string of the molecule is CN(C)CCn1ncc(Cl)c1C(=O)C1CSCCN1. The molecule has 1 unspecified atom stereocenters. The topological polar surface area (TPSA) is 50.2 Å². The van der Waals surface area contributed by atoms with Gasteiger partial charge in [0.15, 0.2) is 5.78 Å². The number of halogens is 1. The number of ketones is 1. The fraction of sp³-hybridized carbons (Fsp3) is 0.667. The van der Waals surface area contributed by atoms with Gasteiger partial charge < -0.3 is 10.2 Å². The molecule has 19 heavy (non-hydrogen) atoms. The van der Waals surface area contributed by atoms with E-state index in [1.54, 1.807) is 22.6 Å². The molecule has 0 spiro atoms. The van der Waals surface area contributed by atoms with Crippen molar-refractivity contribution in [2.75, 3.05) is 38.7 Å². The molecule has 1 aliphatic heterocycles. The third-order valence-corrected chi connectivity index (χ3v) is 4.36. The first-order chi connectivity index (χ1) is 9.09. The summed E-state index contributed by atoms with van der Waals surface area (Å²) in [4.78, 5) is 14.6. The Balaban J connectivity index is 2.13. The van der Waals surface area contributed by atoms with Gasteiger partial charge in [-0.2, -0.15) is 16.9 Å². The molecule has 0 aromatic carbocycles. The van der Waals surface area contributed by atoms with E-state index in [0.29, 0.717) is 17.3 Å². The number of hydrogen-bond acceptors (Lipinski definition) is 5. The van der Waals surface area contributed by atoms with E-state index in [-0.39, 0.29) is 11.8 Å². The number of hydrogen-bond donors (Lipinski definition) is 1. The van der Waals surface area contributed by atoms with E-state index in [9.17, 15) is 4.79 Å². The van der Waals surface area contributed by atoms with Crippen LogP contribution in [0.2, 0.25) is 5.02 Å². The number of nitrogens with zero attached hydrogens (tertiary/aromatic N) is 3. The number of thioether (sulfide) groups is 1. The summed E-state index contributed by atoms with van der Waals surface area (Å²) in [5.74, 6) is 1.90. The minimum absolute atomic E-state index is 0.0495. The third-order valence-electron chi connectivity index (χ3n) is 3.03. The van der Waals surface area contributed by atoms with Gasteiger partial charge in [-0.25, -0.2) is 0 Å². The van der Waals surface area contributed by atoms with Gasteiger partial charge in [0.05, 0.1) is 23.8 Å². The second-order valence-corrected chi connectivity index (χ2v) is 6.37. The molecule has 2 rings (SSSR count). The lowest BCUT2D eigenvalue weighted by atomic mass is 10.1. The van der Waals surface area contributed by atoms with E-state index >= 15 is 0 Å². The minimum atomic E-state index is -0.147. The smallest absolute Gasteiger partial charge is 0.200 e. The van der Waals surface area contributed by atoms with Gasteiger partial charge in [-0.1, -0.05) is 11.6 Å². The number of likely N-dealkylation sites (N-methyl/N-ethyl adjacent to an activating group) is 1. The van der Waals surface area contributed by atoms with Crippen LogP contribution in [0.15, 0.2) is 6.20 Å². The van der Waals surface area contributed by atoms with E-state index in [1.807, 2.05) is 14.1 Å².